The van der Waals surface area contributed by atoms with Gasteiger partial charge in [0, 0.05) is 24.8 Å². The summed E-state index contributed by atoms with van der Waals surface area (Å²) in [5.74, 6) is 0.882. The second kappa shape index (κ2) is 6.58. The molecule has 0 aliphatic carbocycles. The number of rotatable bonds is 5. The van der Waals surface area contributed by atoms with Gasteiger partial charge in [-0.15, -0.1) is 0 Å². The number of nitrogens with zero attached hydrogens (tertiary/aromatic N) is 3. The normalized spacial score (nSPS) is 18.3. The molecule has 2 aromatic rings. The third-order valence-corrected chi connectivity index (χ3v) is 4.11. The molecule has 1 saturated heterocycles. The van der Waals surface area contributed by atoms with E-state index < -0.39 is 0 Å². The van der Waals surface area contributed by atoms with Crippen molar-refractivity contribution in [2.75, 3.05) is 27.2 Å². The van der Waals surface area contributed by atoms with Crippen molar-refractivity contribution in [1.82, 2.24) is 19.8 Å². The first-order valence-corrected chi connectivity index (χ1v) is 7.84. The van der Waals surface area contributed by atoms with Gasteiger partial charge in [0.1, 0.15) is 11.6 Å². The van der Waals surface area contributed by atoms with Gasteiger partial charge in [-0.3, -0.25) is 0 Å². The van der Waals surface area contributed by atoms with Crippen molar-refractivity contribution in [3.8, 4) is 11.3 Å². The fourth-order valence-electron chi connectivity index (χ4n) is 2.86. The molecule has 0 radical (unpaired) electrons. The molecule has 1 aromatic heterocycles. The zero-order chi connectivity index (χ0) is 15.5. The third-order valence-electron chi connectivity index (χ3n) is 4.11. The quantitative estimate of drug-likeness (QED) is 0.922. The minimum Gasteiger partial charge on any atom is -0.332 e. The van der Waals surface area contributed by atoms with Crippen LogP contribution in [0.3, 0.4) is 0 Å². The molecular formula is C17H23FN4. The minimum atomic E-state index is -0.214. The first-order chi connectivity index (χ1) is 10.6. The SMILES string of the molecule is CN(C)CCn1cc(-c2ccc(F)cc2)nc1[C@@H]1CCCN1. The molecule has 1 N–H and O–H groups in total. The summed E-state index contributed by atoms with van der Waals surface area (Å²) in [6.07, 6.45) is 4.41. The molecule has 5 heteroatoms. The molecule has 0 saturated carbocycles. The zero-order valence-electron chi connectivity index (χ0n) is 13.2. The molecule has 22 heavy (non-hydrogen) atoms. The molecule has 1 aliphatic heterocycles. The van der Waals surface area contributed by atoms with Crippen LogP contribution in [0.1, 0.15) is 24.7 Å². The zero-order valence-corrected chi connectivity index (χ0v) is 13.2. The Labute approximate surface area is 131 Å². The number of benzene rings is 1. The molecule has 1 fully saturated rings. The standard InChI is InChI=1S/C17H23FN4/c1-21(2)10-11-22-12-16(13-5-7-14(18)8-6-13)20-17(22)15-4-3-9-19-15/h5-8,12,15,19H,3-4,9-11H2,1-2H3/t15-/m0/s1. The maximum Gasteiger partial charge on any atom is 0.126 e. The van der Waals surface area contributed by atoms with E-state index in [0.717, 1.165) is 43.1 Å². The lowest BCUT2D eigenvalue weighted by Crippen LogP contribution is -2.22. The number of nitrogens with one attached hydrogen (secondary N) is 1. The van der Waals surface area contributed by atoms with Gasteiger partial charge in [0.2, 0.25) is 0 Å². The first-order valence-electron chi connectivity index (χ1n) is 7.84. The fourth-order valence-corrected chi connectivity index (χ4v) is 2.86. The maximum absolute atomic E-state index is 13.1. The van der Waals surface area contributed by atoms with Crippen LogP contribution >= 0.6 is 0 Å². The van der Waals surface area contributed by atoms with E-state index in [2.05, 4.69) is 35.1 Å². The molecule has 4 nitrogen and oxygen atoms in total. The fraction of sp³-hybridized carbons (Fsp3) is 0.471. The highest BCUT2D eigenvalue weighted by Crippen LogP contribution is 2.26. The lowest BCUT2D eigenvalue weighted by Gasteiger charge is -2.15. The lowest BCUT2D eigenvalue weighted by molar-refractivity contribution is 0.376. The predicted octanol–water partition coefficient (Wildman–Crippen LogP) is 2.68. The highest BCUT2D eigenvalue weighted by Gasteiger charge is 2.22. The summed E-state index contributed by atoms with van der Waals surface area (Å²) in [6, 6.07) is 6.89. The van der Waals surface area contributed by atoms with Crippen molar-refractivity contribution < 1.29 is 4.39 Å². The molecule has 0 amide bonds. The molecule has 1 aromatic carbocycles. The van der Waals surface area contributed by atoms with Crippen molar-refractivity contribution in [3.63, 3.8) is 0 Å². The average molecular weight is 302 g/mol. The number of imidazole rings is 1. The molecule has 2 heterocycles. The topological polar surface area (TPSA) is 33.1 Å². The summed E-state index contributed by atoms with van der Waals surface area (Å²) in [5.41, 5.74) is 1.88. The Hall–Kier alpha value is -1.72. The Kier molecular flexibility index (Phi) is 4.55. The van der Waals surface area contributed by atoms with E-state index in [-0.39, 0.29) is 5.82 Å². The number of hydrogen-bond acceptors (Lipinski definition) is 3. The van der Waals surface area contributed by atoms with Crippen LogP contribution in [0.4, 0.5) is 4.39 Å². The number of hydrogen-bond donors (Lipinski definition) is 1. The third kappa shape index (κ3) is 3.36. The van der Waals surface area contributed by atoms with Gasteiger partial charge in [-0.2, -0.15) is 0 Å². The van der Waals surface area contributed by atoms with Gasteiger partial charge < -0.3 is 14.8 Å². The highest BCUT2D eigenvalue weighted by molar-refractivity contribution is 5.58. The summed E-state index contributed by atoms with van der Waals surface area (Å²) in [4.78, 5) is 7.00. The van der Waals surface area contributed by atoms with Gasteiger partial charge in [-0.05, 0) is 57.7 Å². The van der Waals surface area contributed by atoms with Crippen LogP contribution < -0.4 is 5.32 Å². The molecule has 0 spiro atoms. The van der Waals surface area contributed by atoms with E-state index in [4.69, 9.17) is 4.98 Å². The maximum atomic E-state index is 13.1. The Morgan fingerprint density at radius 1 is 1.32 bits per heavy atom. The number of halogens is 1. The van der Waals surface area contributed by atoms with Crippen LogP contribution in [0.15, 0.2) is 30.5 Å². The largest absolute Gasteiger partial charge is 0.332 e. The average Bonchev–Trinajstić information content (AvgIpc) is 3.15. The first kappa shape index (κ1) is 15.2. The van der Waals surface area contributed by atoms with Crippen LogP contribution in [0.2, 0.25) is 0 Å². The smallest absolute Gasteiger partial charge is 0.126 e. The van der Waals surface area contributed by atoms with Gasteiger partial charge in [0.05, 0.1) is 11.7 Å². The Bertz CT molecular complexity index is 612. The highest BCUT2D eigenvalue weighted by atomic mass is 19.1. The summed E-state index contributed by atoms with van der Waals surface area (Å²) < 4.78 is 15.3. The van der Waals surface area contributed by atoms with Crippen molar-refractivity contribution in [1.29, 1.82) is 0 Å². The van der Waals surface area contributed by atoms with Crippen LogP contribution in [0.5, 0.6) is 0 Å². The number of likely N-dealkylation sites (N-methyl/N-ethyl adjacent to an activating group) is 1. The monoisotopic (exact) mass is 302 g/mol. The van der Waals surface area contributed by atoms with Gasteiger partial charge in [0.15, 0.2) is 0 Å². The van der Waals surface area contributed by atoms with Crippen molar-refractivity contribution in [2.24, 2.45) is 0 Å². The van der Waals surface area contributed by atoms with Crippen LogP contribution in [0.25, 0.3) is 11.3 Å². The minimum absolute atomic E-state index is 0.214. The molecular weight excluding hydrogens is 279 g/mol. The Balaban J connectivity index is 1.90. The number of aromatic nitrogens is 2. The Morgan fingerprint density at radius 3 is 2.73 bits per heavy atom. The van der Waals surface area contributed by atoms with E-state index in [9.17, 15) is 4.39 Å². The van der Waals surface area contributed by atoms with Crippen molar-refractivity contribution >= 4 is 0 Å². The van der Waals surface area contributed by atoms with Crippen LogP contribution in [0, 0.1) is 5.82 Å². The molecule has 118 valence electrons. The molecule has 1 aliphatic rings. The van der Waals surface area contributed by atoms with Crippen LogP contribution in [-0.2, 0) is 6.54 Å². The molecule has 0 bridgehead atoms. The second-order valence-electron chi connectivity index (χ2n) is 6.14. The van der Waals surface area contributed by atoms with Crippen molar-refractivity contribution in [2.45, 2.75) is 25.4 Å². The summed E-state index contributed by atoms with van der Waals surface area (Å²) >= 11 is 0. The summed E-state index contributed by atoms with van der Waals surface area (Å²) in [6.45, 7) is 2.94. The van der Waals surface area contributed by atoms with E-state index in [0.29, 0.717) is 6.04 Å². The van der Waals surface area contributed by atoms with E-state index in [1.165, 1.54) is 18.6 Å². The lowest BCUT2D eigenvalue weighted by atomic mass is 10.2. The molecule has 3 rings (SSSR count). The van der Waals surface area contributed by atoms with E-state index >= 15 is 0 Å². The van der Waals surface area contributed by atoms with Gasteiger partial charge in [0.25, 0.3) is 0 Å². The predicted molar refractivity (Wildman–Crippen MR) is 86.2 cm³/mol. The van der Waals surface area contributed by atoms with Gasteiger partial charge in [-0.1, -0.05) is 0 Å². The summed E-state index contributed by atoms with van der Waals surface area (Å²) in [7, 11) is 4.15. The van der Waals surface area contributed by atoms with Crippen LogP contribution in [-0.4, -0.2) is 41.6 Å². The van der Waals surface area contributed by atoms with E-state index in [1.807, 2.05) is 0 Å². The van der Waals surface area contributed by atoms with Crippen molar-refractivity contribution in [3.05, 3.63) is 42.1 Å². The molecule has 1 atom stereocenters. The second-order valence-corrected chi connectivity index (χ2v) is 6.14. The Morgan fingerprint density at radius 2 is 2.09 bits per heavy atom. The van der Waals surface area contributed by atoms with Gasteiger partial charge >= 0.3 is 0 Å². The van der Waals surface area contributed by atoms with E-state index in [1.54, 1.807) is 12.1 Å². The molecule has 0 unspecified atom stereocenters. The van der Waals surface area contributed by atoms with Gasteiger partial charge in [-0.25, -0.2) is 9.37 Å². The summed E-state index contributed by atoms with van der Waals surface area (Å²) in [5, 5.41) is 3.52.